The standard InChI is InChI=1S/C11H21NOS/c1-6-8-9-10(7-2)12-14(13)11(3,4)5/h6H,1,7-9H2,2-5H3. The first-order valence-corrected chi connectivity index (χ1v) is 6.11. The molecule has 0 spiro atoms. The first-order chi connectivity index (χ1) is 6.41. The highest BCUT2D eigenvalue weighted by atomic mass is 32.2. The Morgan fingerprint density at radius 1 is 1.50 bits per heavy atom. The molecule has 2 nitrogen and oxygen atoms in total. The molecule has 0 bridgehead atoms. The molecule has 0 N–H and O–H groups in total. The van der Waals surface area contributed by atoms with E-state index in [9.17, 15) is 4.55 Å². The van der Waals surface area contributed by atoms with Gasteiger partial charge in [0.25, 0.3) is 0 Å². The molecule has 0 aliphatic rings. The maximum Gasteiger partial charge on any atom is 0.144 e. The molecule has 0 aromatic rings. The Hall–Kier alpha value is -0.280. The number of hydrogen-bond acceptors (Lipinski definition) is 2. The minimum absolute atomic E-state index is 0.255. The van der Waals surface area contributed by atoms with Crippen LogP contribution >= 0.6 is 0 Å². The zero-order valence-corrected chi connectivity index (χ0v) is 10.5. The Morgan fingerprint density at radius 3 is 2.43 bits per heavy atom. The normalized spacial score (nSPS) is 15.4. The van der Waals surface area contributed by atoms with Gasteiger partial charge in [0.2, 0.25) is 0 Å². The molecule has 0 aliphatic carbocycles. The summed E-state index contributed by atoms with van der Waals surface area (Å²) >= 11 is -1.12. The lowest BCUT2D eigenvalue weighted by atomic mass is 10.2. The summed E-state index contributed by atoms with van der Waals surface area (Å²) in [4.78, 5) is 0. The fourth-order valence-electron chi connectivity index (χ4n) is 0.810. The van der Waals surface area contributed by atoms with E-state index < -0.39 is 11.4 Å². The second-order valence-corrected chi connectivity index (χ2v) is 6.11. The van der Waals surface area contributed by atoms with Crippen molar-refractivity contribution >= 4 is 17.1 Å². The summed E-state index contributed by atoms with van der Waals surface area (Å²) in [7, 11) is 0. The van der Waals surface area contributed by atoms with Gasteiger partial charge in [-0.15, -0.1) is 6.58 Å². The second kappa shape index (κ2) is 6.25. The van der Waals surface area contributed by atoms with Crippen LogP contribution in [0.15, 0.2) is 17.1 Å². The summed E-state index contributed by atoms with van der Waals surface area (Å²) in [5, 5.41) is 0. The van der Waals surface area contributed by atoms with Gasteiger partial charge >= 0.3 is 0 Å². The largest absolute Gasteiger partial charge is 0.591 e. The van der Waals surface area contributed by atoms with E-state index >= 15 is 0 Å². The molecule has 1 atom stereocenters. The van der Waals surface area contributed by atoms with Crippen LogP contribution in [0.2, 0.25) is 0 Å². The Morgan fingerprint density at radius 2 is 2.07 bits per heavy atom. The zero-order chi connectivity index (χ0) is 11.2. The number of nitrogens with zero attached hydrogens (tertiary/aromatic N) is 1. The lowest BCUT2D eigenvalue weighted by Crippen LogP contribution is -2.26. The van der Waals surface area contributed by atoms with E-state index in [1.165, 1.54) is 0 Å². The first kappa shape index (κ1) is 13.7. The van der Waals surface area contributed by atoms with Crippen molar-refractivity contribution in [2.24, 2.45) is 4.40 Å². The van der Waals surface area contributed by atoms with E-state index in [2.05, 4.69) is 11.0 Å². The van der Waals surface area contributed by atoms with Crippen molar-refractivity contribution in [3.8, 4) is 0 Å². The number of hydrogen-bond donors (Lipinski definition) is 0. The van der Waals surface area contributed by atoms with Gasteiger partial charge in [0.05, 0.1) is 5.71 Å². The van der Waals surface area contributed by atoms with Gasteiger partial charge in [-0.05, 0) is 40.0 Å². The molecule has 0 saturated carbocycles. The monoisotopic (exact) mass is 215 g/mol. The van der Waals surface area contributed by atoms with Crippen LogP contribution in [0, 0.1) is 0 Å². The Labute approximate surface area is 90.8 Å². The molecule has 82 valence electrons. The fraction of sp³-hybridized carbons (Fsp3) is 0.727. The molecule has 0 heterocycles. The molecule has 3 heteroatoms. The van der Waals surface area contributed by atoms with Gasteiger partial charge in [0.1, 0.15) is 16.1 Å². The molecule has 1 unspecified atom stereocenters. The molecule has 0 aromatic heterocycles. The predicted octanol–water partition coefficient (Wildman–Crippen LogP) is 3.27. The third-order valence-electron chi connectivity index (χ3n) is 1.78. The number of rotatable bonds is 5. The van der Waals surface area contributed by atoms with Crippen molar-refractivity contribution in [3.05, 3.63) is 12.7 Å². The lowest BCUT2D eigenvalue weighted by Gasteiger charge is -2.19. The van der Waals surface area contributed by atoms with E-state index in [-0.39, 0.29) is 4.75 Å². The average molecular weight is 215 g/mol. The second-order valence-electron chi connectivity index (χ2n) is 4.20. The molecule has 0 radical (unpaired) electrons. The Bertz CT molecular complexity index is 206. The third-order valence-corrected chi connectivity index (χ3v) is 3.25. The smallest absolute Gasteiger partial charge is 0.144 e. The van der Waals surface area contributed by atoms with Crippen LogP contribution in [-0.2, 0) is 11.4 Å². The molecule has 0 saturated heterocycles. The van der Waals surface area contributed by atoms with Crippen molar-refractivity contribution < 1.29 is 4.55 Å². The summed E-state index contributed by atoms with van der Waals surface area (Å²) in [6.07, 6.45) is 4.52. The van der Waals surface area contributed by atoms with Crippen molar-refractivity contribution in [1.29, 1.82) is 0 Å². The zero-order valence-electron chi connectivity index (χ0n) is 9.67. The van der Waals surface area contributed by atoms with E-state index in [1.807, 2.05) is 33.8 Å². The quantitative estimate of drug-likeness (QED) is 0.394. The van der Waals surface area contributed by atoms with Crippen molar-refractivity contribution in [3.63, 3.8) is 0 Å². The molecule has 0 amide bonds. The molecule has 0 aliphatic heterocycles. The summed E-state index contributed by atoms with van der Waals surface area (Å²) in [5.74, 6) is 0. The van der Waals surface area contributed by atoms with Crippen LogP contribution in [0.25, 0.3) is 0 Å². The highest BCUT2D eigenvalue weighted by molar-refractivity contribution is 7.91. The van der Waals surface area contributed by atoms with Gasteiger partial charge in [-0.2, -0.15) is 0 Å². The molecule has 0 aromatic carbocycles. The fourth-order valence-corrected chi connectivity index (χ4v) is 1.54. The van der Waals surface area contributed by atoms with Gasteiger partial charge in [0.15, 0.2) is 0 Å². The first-order valence-electron chi connectivity index (χ1n) is 5.01. The van der Waals surface area contributed by atoms with Crippen LogP contribution in [0.5, 0.6) is 0 Å². The molecule has 0 rings (SSSR count). The molecule has 14 heavy (non-hydrogen) atoms. The molecule has 0 fully saturated rings. The number of allylic oxidation sites excluding steroid dienone is 1. The van der Waals surface area contributed by atoms with Crippen molar-refractivity contribution in [2.45, 2.75) is 51.7 Å². The maximum absolute atomic E-state index is 11.7. The van der Waals surface area contributed by atoms with Crippen LogP contribution < -0.4 is 0 Å². The maximum atomic E-state index is 11.7. The van der Waals surface area contributed by atoms with Gasteiger partial charge < -0.3 is 4.55 Å². The topological polar surface area (TPSA) is 35.4 Å². The van der Waals surface area contributed by atoms with E-state index in [0.29, 0.717) is 0 Å². The predicted molar refractivity (Wildman–Crippen MR) is 65.1 cm³/mol. The summed E-state index contributed by atoms with van der Waals surface area (Å²) in [6.45, 7) is 11.5. The summed E-state index contributed by atoms with van der Waals surface area (Å²) in [5.41, 5.74) is 1.03. The Kier molecular flexibility index (Phi) is 6.12. The van der Waals surface area contributed by atoms with E-state index in [1.54, 1.807) is 0 Å². The highest BCUT2D eigenvalue weighted by Crippen LogP contribution is 2.18. The molecular formula is C11H21NOS. The van der Waals surface area contributed by atoms with E-state index in [0.717, 1.165) is 25.0 Å². The van der Waals surface area contributed by atoms with Gasteiger partial charge in [-0.3, -0.25) is 0 Å². The summed E-state index contributed by atoms with van der Waals surface area (Å²) in [6, 6.07) is 0. The van der Waals surface area contributed by atoms with Crippen molar-refractivity contribution in [1.82, 2.24) is 0 Å². The van der Waals surface area contributed by atoms with Gasteiger partial charge in [0, 0.05) is 0 Å². The lowest BCUT2D eigenvalue weighted by molar-refractivity contribution is 0.561. The van der Waals surface area contributed by atoms with Crippen LogP contribution in [0.3, 0.4) is 0 Å². The third kappa shape index (κ3) is 5.45. The molecular weight excluding hydrogens is 194 g/mol. The van der Waals surface area contributed by atoms with Gasteiger partial charge in [-0.1, -0.05) is 17.4 Å². The highest BCUT2D eigenvalue weighted by Gasteiger charge is 2.26. The van der Waals surface area contributed by atoms with Crippen LogP contribution in [-0.4, -0.2) is 15.0 Å². The van der Waals surface area contributed by atoms with Crippen molar-refractivity contribution in [2.75, 3.05) is 0 Å². The minimum Gasteiger partial charge on any atom is -0.591 e. The van der Waals surface area contributed by atoms with Crippen LogP contribution in [0.1, 0.15) is 47.0 Å². The van der Waals surface area contributed by atoms with E-state index in [4.69, 9.17) is 0 Å². The van der Waals surface area contributed by atoms with Gasteiger partial charge in [-0.25, -0.2) is 0 Å². The SMILES string of the molecule is C=CCCC(CC)=N[S+]([O-])C(C)(C)C. The van der Waals surface area contributed by atoms with Crippen LogP contribution in [0.4, 0.5) is 0 Å². The average Bonchev–Trinajstić information content (AvgIpc) is 2.10. The summed E-state index contributed by atoms with van der Waals surface area (Å²) < 4.78 is 15.7. The Balaban J connectivity index is 4.34. The minimum atomic E-state index is -1.12.